The number of fused-ring (bicyclic) bond motifs is 2. The lowest BCUT2D eigenvalue weighted by atomic mass is 10.0. The third kappa shape index (κ3) is 6.35. The predicted octanol–water partition coefficient (Wildman–Crippen LogP) is 3.82. The predicted molar refractivity (Wildman–Crippen MR) is 200 cm³/mol. The first-order valence-electron chi connectivity index (χ1n) is 17.3. The van der Waals surface area contributed by atoms with Crippen molar-refractivity contribution in [1.29, 1.82) is 0 Å². The lowest BCUT2D eigenvalue weighted by Gasteiger charge is -2.36. The molecule has 0 spiro atoms. The maximum atomic E-state index is 12.2. The summed E-state index contributed by atoms with van der Waals surface area (Å²) in [6.07, 6.45) is 4.90. The van der Waals surface area contributed by atoms with Gasteiger partial charge in [-0.25, -0.2) is 9.50 Å². The summed E-state index contributed by atoms with van der Waals surface area (Å²) in [6.45, 7) is 5.01. The summed E-state index contributed by atoms with van der Waals surface area (Å²) < 4.78 is 1.50. The number of halogens is 1. The highest BCUT2D eigenvalue weighted by Crippen LogP contribution is 2.40. The molecule has 3 aliphatic heterocycles. The molecule has 3 aromatic heterocycles. The van der Waals surface area contributed by atoms with E-state index < -0.39 is 11.9 Å². The molecule has 3 aliphatic rings. The topological polar surface area (TPSA) is 166 Å². The van der Waals surface area contributed by atoms with E-state index >= 15 is 0 Å². The minimum atomic E-state index is -0.589. The highest BCUT2D eigenvalue weighted by Gasteiger charge is 2.28. The zero-order chi connectivity index (χ0) is 35.9. The molecule has 2 aromatic carbocycles. The van der Waals surface area contributed by atoms with Gasteiger partial charge in [-0.15, -0.1) is 5.10 Å². The third-order valence-corrected chi connectivity index (χ3v) is 10.4. The summed E-state index contributed by atoms with van der Waals surface area (Å²) in [5.41, 5.74) is 14.3. The molecule has 0 bridgehead atoms. The van der Waals surface area contributed by atoms with Crippen LogP contribution in [0.5, 0.6) is 0 Å². The number of carbonyl (C=O) groups excluding carboxylic acids is 3. The van der Waals surface area contributed by atoms with Crippen LogP contribution in [0.15, 0.2) is 67.0 Å². The number of piperazine rings is 1. The Morgan fingerprint density at radius 3 is 2.62 bits per heavy atom. The molecule has 2 fully saturated rings. The minimum absolute atomic E-state index is 0.225. The van der Waals surface area contributed by atoms with Gasteiger partial charge in [-0.1, -0.05) is 29.8 Å². The molecule has 15 heteroatoms. The molecule has 0 aliphatic carbocycles. The van der Waals surface area contributed by atoms with Crippen LogP contribution in [0.2, 0.25) is 5.02 Å². The first-order chi connectivity index (χ1) is 25.2. The standard InChI is InChI=1S/C37H38ClN11O3/c1-40-30-19-33(45-49-32(35(39)51)20-42-36(30)49)48-12-10-25-24(3-2-4-31(25)48)29-18-23(9-11-41-29)47-15-13-46(14-16-47)21-22-5-6-27(26(38)17-22)43-28-7-8-34(50)44-37(28)52/h2-6,9,11,17-20,28,40,43H,7-8,10,12-16,21H2,1H3,(H2,39,51)(H,44,50,52). The number of imide groups is 1. The molecule has 2 saturated heterocycles. The fourth-order valence-electron chi connectivity index (χ4n) is 7.33. The van der Waals surface area contributed by atoms with Crippen LogP contribution in [-0.4, -0.2) is 88.0 Å². The van der Waals surface area contributed by atoms with Crippen molar-refractivity contribution in [3.8, 4) is 11.3 Å². The molecule has 5 N–H and O–H groups in total. The van der Waals surface area contributed by atoms with Crippen molar-refractivity contribution in [3.63, 3.8) is 0 Å². The van der Waals surface area contributed by atoms with Crippen LogP contribution in [0.25, 0.3) is 16.9 Å². The van der Waals surface area contributed by atoms with Gasteiger partial charge in [-0.3, -0.25) is 29.6 Å². The number of carbonyl (C=O) groups is 3. The molecule has 8 rings (SSSR count). The molecule has 0 radical (unpaired) electrons. The Labute approximate surface area is 304 Å². The van der Waals surface area contributed by atoms with Gasteiger partial charge in [0.1, 0.15) is 11.7 Å². The van der Waals surface area contributed by atoms with E-state index in [1.807, 2.05) is 43.6 Å². The van der Waals surface area contributed by atoms with Crippen molar-refractivity contribution in [2.24, 2.45) is 5.73 Å². The number of hydrogen-bond acceptors (Lipinski definition) is 11. The smallest absolute Gasteiger partial charge is 0.269 e. The van der Waals surface area contributed by atoms with E-state index in [4.69, 9.17) is 27.4 Å². The Morgan fingerprint density at radius 1 is 1.00 bits per heavy atom. The summed E-state index contributed by atoms with van der Waals surface area (Å²) in [4.78, 5) is 51.9. The van der Waals surface area contributed by atoms with Gasteiger partial charge in [0.25, 0.3) is 5.91 Å². The SMILES string of the molecule is CNc1cc(N2CCc3c(-c4cc(N5CCN(Cc6ccc(NC7CCC(=O)NC7=O)c(Cl)c6)CC5)ccn4)cccc32)nn2c(C(N)=O)cnc12. The maximum absolute atomic E-state index is 12.2. The van der Waals surface area contributed by atoms with Crippen LogP contribution in [-0.2, 0) is 22.6 Å². The van der Waals surface area contributed by atoms with Gasteiger partial charge in [0.15, 0.2) is 11.5 Å². The molecule has 5 aromatic rings. The van der Waals surface area contributed by atoms with E-state index in [0.717, 1.165) is 79.6 Å². The Morgan fingerprint density at radius 2 is 1.85 bits per heavy atom. The summed E-state index contributed by atoms with van der Waals surface area (Å²) in [5.74, 6) is -0.464. The molecule has 1 atom stereocenters. The van der Waals surface area contributed by atoms with Crippen molar-refractivity contribution >= 4 is 63.5 Å². The fraction of sp³-hybridized carbons (Fsp3) is 0.297. The molecule has 3 amide bonds. The number of nitrogens with zero attached hydrogens (tertiary/aromatic N) is 7. The lowest BCUT2D eigenvalue weighted by Crippen LogP contribution is -2.47. The molecule has 6 heterocycles. The average molecular weight is 720 g/mol. The normalized spacial score (nSPS) is 17.7. The van der Waals surface area contributed by atoms with Gasteiger partial charge in [-0.05, 0) is 54.3 Å². The zero-order valence-electron chi connectivity index (χ0n) is 28.6. The summed E-state index contributed by atoms with van der Waals surface area (Å²) in [6, 6.07) is 17.9. The minimum Gasteiger partial charge on any atom is -0.385 e. The van der Waals surface area contributed by atoms with Gasteiger partial charge in [-0.2, -0.15) is 0 Å². The van der Waals surface area contributed by atoms with E-state index in [2.05, 4.69) is 59.9 Å². The average Bonchev–Trinajstić information content (AvgIpc) is 3.79. The third-order valence-electron chi connectivity index (χ3n) is 10.0. The fourth-order valence-corrected chi connectivity index (χ4v) is 7.59. The van der Waals surface area contributed by atoms with Gasteiger partial charge < -0.3 is 26.2 Å². The van der Waals surface area contributed by atoms with Crippen molar-refractivity contribution in [2.75, 3.05) is 60.2 Å². The second-order valence-electron chi connectivity index (χ2n) is 13.2. The monoisotopic (exact) mass is 719 g/mol. The number of nitrogens with two attached hydrogens (primary N) is 1. The Balaban J connectivity index is 0.942. The van der Waals surface area contributed by atoms with Crippen molar-refractivity contribution in [2.45, 2.75) is 31.8 Å². The molecule has 52 heavy (non-hydrogen) atoms. The van der Waals surface area contributed by atoms with Crippen LogP contribution in [0, 0.1) is 0 Å². The number of anilines is 5. The Bertz CT molecular complexity index is 2210. The van der Waals surface area contributed by atoms with Gasteiger partial charge in [0, 0.05) is 81.9 Å². The molecule has 266 valence electrons. The molecule has 14 nitrogen and oxygen atoms in total. The summed E-state index contributed by atoms with van der Waals surface area (Å²) in [7, 11) is 1.81. The molecule has 1 unspecified atom stereocenters. The van der Waals surface area contributed by atoms with Crippen molar-refractivity contribution < 1.29 is 14.4 Å². The largest absolute Gasteiger partial charge is 0.385 e. The van der Waals surface area contributed by atoms with Gasteiger partial charge >= 0.3 is 0 Å². The molecular formula is C37H38ClN11O3. The molecule has 0 saturated carbocycles. The van der Waals surface area contributed by atoms with Crippen molar-refractivity contribution in [3.05, 3.63) is 88.8 Å². The number of hydrogen-bond donors (Lipinski definition) is 4. The number of rotatable bonds is 9. The highest BCUT2D eigenvalue weighted by molar-refractivity contribution is 6.33. The number of amides is 3. The van der Waals surface area contributed by atoms with Gasteiger partial charge in [0.2, 0.25) is 11.8 Å². The maximum Gasteiger partial charge on any atom is 0.269 e. The number of primary amides is 1. The van der Waals surface area contributed by atoms with Crippen LogP contribution in [0.3, 0.4) is 0 Å². The second kappa shape index (κ2) is 13.8. The zero-order valence-corrected chi connectivity index (χ0v) is 29.4. The number of piperidine rings is 1. The van der Waals surface area contributed by atoms with Crippen LogP contribution < -0.4 is 31.5 Å². The Kier molecular flexibility index (Phi) is 8.85. The number of aromatic nitrogens is 4. The van der Waals surface area contributed by atoms with E-state index in [1.165, 1.54) is 16.3 Å². The van der Waals surface area contributed by atoms with Crippen LogP contribution >= 0.6 is 11.6 Å². The first kappa shape index (κ1) is 33.4. The Hall–Kier alpha value is -5.73. The molecular weight excluding hydrogens is 682 g/mol. The first-order valence-corrected chi connectivity index (χ1v) is 17.7. The highest BCUT2D eigenvalue weighted by atomic mass is 35.5. The van der Waals surface area contributed by atoms with E-state index in [9.17, 15) is 14.4 Å². The number of pyridine rings is 1. The number of imidazole rings is 1. The van der Waals surface area contributed by atoms with Crippen LogP contribution in [0.4, 0.5) is 28.6 Å². The summed E-state index contributed by atoms with van der Waals surface area (Å²) >= 11 is 6.61. The second-order valence-corrected chi connectivity index (χ2v) is 13.6. The number of nitrogens with one attached hydrogen (secondary N) is 3. The van der Waals surface area contributed by atoms with E-state index in [1.54, 1.807) is 0 Å². The van der Waals surface area contributed by atoms with Crippen molar-refractivity contribution in [1.82, 2.24) is 29.8 Å². The number of benzene rings is 2. The lowest BCUT2D eigenvalue weighted by molar-refractivity contribution is -0.133. The van der Waals surface area contributed by atoms with E-state index in [-0.39, 0.29) is 17.5 Å². The van der Waals surface area contributed by atoms with Gasteiger partial charge in [0.05, 0.1) is 28.3 Å². The summed E-state index contributed by atoms with van der Waals surface area (Å²) in [5, 5.41) is 14.0. The van der Waals surface area contributed by atoms with Crippen LogP contribution in [0.1, 0.15) is 34.5 Å². The quantitative estimate of drug-likeness (QED) is 0.164. The van der Waals surface area contributed by atoms with E-state index in [0.29, 0.717) is 35.0 Å².